The van der Waals surface area contributed by atoms with Gasteiger partial charge in [0.2, 0.25) is 0 Å². The summed E-state index contributed by atoms with van der Waals surface area (Å²) >= 11 is 6.09. The number of hydrogen-bond acceptors (Lipinski definition) is 2. The van der Waals surface area contributed by atoms with Crippen LogP contribution in [0.3, 0.4) is 0 Å². The number of fused-ring (bicyclic) bond motifs is 1. The third kappa shape index (κ3) is 4.25. The zero-order valence-corrected chi connectivity index (χ0v) is 18.6. The van der Waals surface area contributed by atoms with Crippen molar-refractivity contribution in [3.63, 3.8) is 0 Å². The lowest BCUT2D eigenvalue weighted by molar-refractivity contribution is 0.306. The molecular weight excluding hydrogens is 416 g/mol. The van der Waals surface area contributed by atoms with Crippen molar-refractivity contribution in [2.75, 3.05) is 0 Å². The molecule has 0 saturated heterocycles. The molecule has 4 aromatic carbocycles. The van der Waals surface area contributed by atoms with Crippen LogP contribution in [0.1, 0.15) is 16.7 Å². The molecule has 0 aliphatic rings. The zero-order chi connectivity index (χ0) is 21.9. The minimum absolute atomic E-state index is 0.530. The number of ether oxygens (including phenoxy) is 1. The molecule has 0 aliphatic carbocycles. The van der Waals surface area contributed by atoms with Crippen molar-refractivity contribution in [3.8, 4) is 17.1 Å². The Bertz CT molecular complexity index is 1360. The molecule has 4 heteroatoms. The summed E-state index contributed by atoms with van der Waals surface area (Å²) in [6.45, 7) is 3.36. The van der Waals surface area contributed by atoms with Crippen LogP contribution in [0.15, 0.2) is 97.1 Å². The SMILES string of the molecule is Cc1ccccc1-c1nc2cc(OCc3ccccc3)ccc2n1Cc1ccc(Cl)cc1. The van der Waals surface area contributed by atoms with Crippen LogP contribution in [0.4, 0.5) is 0 Å². The second-order valence-electron chi connectivity index (χ2n) is 7.89. The highest BCUT2D eigenvalue weighted by atomic mass is 35.5. The Morgan fingerprint density at radius 3 is 2.34 bits per heavy atom. The van der Waals surface area contributed by atoms with Crippen LogP contribution in [0.25, 0.3) is 22.4 Å². The van der Waals surface area contributed by atoms with Crippen LogP contribution in [0.2, 0.25) is 5.02 Å². The summed E-state index contributed by atoms with van der Waals surface area (Å²) in [5, 5.41) is 0.739. The van der Waals surface area contributed by atoms with E-state index in [1.807, 2.05) is 42.5 Å². The van der Waals surface area contributed by atoms with Crippen molar-refractivity contribution in [3.05, 3.63) is 119 Å². The van der Waals surface area contributed by atoms with E-state index in [1.165, 1.54) is 11.1 Å². The number of benzene rings is 4. The summed E-state index contributed by atoms with van der Waals surface area (Å²) in [5.41, 5.74) is 6.63. The van der Waals surface area contributed by atoms with Crippen LogP contribution in [0, 0.1) is 6.92 Å². The smallest absolute Gasteiger partial charge is 0.141 e. The van der Waals surface area contributed by atoms with Gasteiger partial charge >= 0.3 is 0 Å². The summed E-state index contributed by atoms with van der Waals surface area (Å²) in [4.78, 5) is 5.03. The fourth-order valence-corrected chi connectivity index (χ4v) is 4.03. The second-order valence-corrected chi connectivity index (χ2v) is 8.32. The molecule has 0 amide bonds. The molecule has 1 aromatic heterocycles. The third-order valence-electron chi connectivity index (χ3n) is 5.61. The van der Waals surface area contributed by atoms with Crippen LogP contribution in [0.5, 0.6) is 5.75 Å². The average Bonchev–Trinajstić information content (AvgIpc) is 3.17. The maximum Gasteiger partial charge on any atom is 0.141 e. The van der Waals surface area contributed by atoms with Gasteiger partial charge in [0.05, 0.1) is 11.0 Å². The van der Waals surface area contributed by atoms with Crippen LogP contribution >= 0.6 is 11.6 Å². The van der Waals surface area contributed by atoms with E-state index in [2.05, 4.69) is 66.1 Å². The average molecular weight is 439 g/mol. The third-order valence-corrected chi connectivity index (χ3v) is 5.86. The highest BCUT2D eigenvalue weighted by Crippen LogP contribution is 2.30. The Balaban J connectivity index is 1.55. The van der Waals surface area contributed by atoms with E-state index in [9.17, 15) is 0 Å². The van der Waals surface area contributed by atoms with E-state index in [1.54, 1.807) is 0 Å². The minimum atomic E-state index is 0.530. The van der Waals surface area contributed by atoms with Gasteiger partial charge in [0.1, 0.15) is 18.2 Å². The van der Waals surface area contributed by atoms with E-state index in [-0.39, 0.29) is 0 Å². The van der Waals surface area contributed by atoms with Crippen LogP contribution in [-0.2, 0) is 13.2 Å². The first-order chi connectivity index (χ1) is 15.7. The first kappa shape index (κ1) is 20.3. The molecule has 0 spiro atoms. The van der Waals surface area contributed by atoms with Gasteiger partial charge < -0.3 is 9.30 Å². The maximum absolute atomic E-state index is 6.09. The predicted octanol–water partition coefficient (Wildman–Crippen LogP) is 7.29. The fraction of sp³-hybridized carbons (Fsp3) is 0.107. The van der Waals surface area contributed by atoms with Gasteiger partial charge in [0.25, 0.3) is 0 Å². The highest BCUT2D eigenvalue weighted by Gasteiger charge is 2.15. The number of hydrogen-bond donors (Lipinski definition) is 0. The van der Waals surface area contributed by atoms with Gasteiger partial charge in [-0.25, -0.2) is 4.98 Å². The number of nitrogens with zero attached hydrogens (tertiary/aromatic N) is 2. The van der Waals surface area contributed by atoms with Crippen molar-refractivity contribution >= 4 is 22.6 Å². The molecule has 5 aromatic rings. The van der Waals surface area contributed by atoms with Gasteiger partial charge in [-0.3, -0.25) is 0 Å². The number of aryl methyl sites for hydroxylation is 1. The predicted molar refractivity (Wildman–Crippen MR) is 131 cm³/mol. The molecule has 0 aliphatic heterocycles. The molecule has 0 fully saturated rings. The van der Waals surface area contributed by atoms with Gasteiger partial charge in [0.15, 0.2) is 0 Å². The quantitative estimate of drug-likeness (QED) is 0.278. The minimum Gasteiger partial charge on any atom is -0.489 e. The van der Waals surface area contributed by atoms with Crippen LogP contribution in [-0.4, -0.2) is 9.55 Å². The second kappa shape index (κ2) is 8.89. The summed E-state index contributed by atoms with van der Waals surface area (Å²) in [5.74, 6) is 1.77. The number of halogens is 1. The van der Waals surface area contributed by atoms with Crippen molar-refractivity contribution in [1.82, 2.24) is 9.55 Å². The maximum atomic E-state index is 6.09. The lowest BCUT2D eigenvalue weighted by Crippen LogP contribution is -2.03. The molecule has 0 saturated carbocycles. The van der Waals surface area contributed by atoms with Crippen molar-refractivity contribution < 1.29 is 4.74 Å². The van der Waals surface area contributed by atoms with Crippen molar-refractivity contribution in [2.45, 2.75) is 20.1 Å². The molecule has 0 unspecified atom stereocenters. The number of imidazole rings is 1. The van der Waals surface area contributed by atoms with Crippen LogP contribution < -0.4 is 4.74 Å². The summed E-state index contributed by atoms with van der Waals surface area (Å²) in [6, 6.07) is 32.7. The standard InChI is InChI=1S/C28H23ClN2O/c1-20-7-5-6-10-25(20)28-30-26-17-24(32-19-22-8-3-2-4-9-22)15-16-27(26)31(28)18-21-11-13-23(29)14-12-21/h2-17H,18-19H2,1H3. The normalized spacial score (nSPS) is 11.1. The first-order valence-electron chi connectivity index (χ1n) is 10.6. The molecular formula is C28H23ClN2O. The molecule has 0 N–H and O–H groups in total. The zero-order valence-electron chi connectivity index (χ0n) is 17.8. The topological polar surface area (TPSA) is 27.1 Å². The molecule has 158 valence electrons. The Hall–Kier alpha value is -3.56. The monoisotopic (exact) mass is 438 g/mol. The Kier molecular flexibility index (Phi) is 5.66. The van der Waals surface area contributed by atoms with Gasteiger partial charge in [-0.2, -0.15) is 0 Å². The van der Waals surface area contributed by atoms with E-state index in [4.69, 9.17) is 21.3 Å². The fourth-order valence-electron chi connectivity index (χ4n) is 3.90. The van der Waals surface area contributed by atoms with Gasteiger partial charge in [0, 0.05) is 23.2 Å². The lowest BCUT2D eigenvalue weighted by atomic mass is 10.1. The van der Waals surface area contributed by atoms with E-state index < -0.39 is 0 Å². The molecule has 0 bridgehead atoms. The van der Waals surface area contributed by atoms with E-state index >= 15 is 0 Å². The Morgan fingerprint density at radius 2 is 1.56 bits per heavy atom. The molecule has 0 atom stereocenters. The van der Waals surface area contributed by atoms with E-state index in [0.717, 1.165) is 38.8 Å². The Morgan fingerprint density at radius 1 is 0.812 bits per heavy atom. The molecule has 3 nitrogen and oxygen atoms in total. The van der Waals surface area contributed by atoms with E-state index in [0.29, 0.717) is 13.2 Å². The summed E-state index contributed by atoms with van der Waals surface area (Å²) in [6.07, 6.45) is 0. The highest BCUT2D eigenvalue weighted by molar-refractivity contribution is 6.30. The largest absolute Gasteiger partial charge is 0.489 e. The van der Waals surface area contributed by atoms with Crippen molar-refractivity contribution in [1.29, 1.82) is 0 Å². The molecule has 1 heterocycles. The van der Waals surface area contributed by atoms with Crippen molar-refractivity contribution in [2.24, 2.45) is 0 Å². The molecule has 0 radical (unpaired) electrons. The molecule has 5 rings (SSSR count). The number of aromatic nitrogens is 2. The Labute approximate surface area is 192 Å². The molecule has 32 heavy (non-hydrogen) atoms. The first-order valence-corrected chi connectivity index (χ1v) is 11.0. The number of rotatable bonds is 6. The summed E-state index contributed by atoms with van der Waals surface area (Å²) in [7, 11) is 0. The summed E-state index contributed by atoms with van der Waals surface area (Å²) < 4.78 is 8.31. The van der Waals surface area contributed by atoms with Gasteiger partial charge in [-0.05, 0) is 47.9 Å². The van der Waals surface area contributed by atoms with Gasteiger partial charge in [-0.15, -0.1) is 0 Å². The lowest BCUT2D eigenvalue weighted by Gasteiger charge is -2.12. The van der Waals surface area contributed by atoms with Gasteiger partial charge in [-0.1, -0.05) is 78.3 Å².